The van der Waals surface area contributed by atoms with Crippen molar-refractivity contribution in [1.29, 1.82) is 0 Å². The molecule has 0 radical (unpaired) electrons. The van der Waals surface area contributed by atoms with E-state index in [1.54, 1.807) is 0 Å². The van der Waals surface area contributed by atoms with Gasteiger partial charge in [-0.25, -0.2) is 13.7 Å². The van der Waals surface area contributed by atoms with Gasteiger partial charge in [-0.1, -0.05) is 95.2 Å². The van der Waals surface area contributed by atoms with Crippen molar-refractivity contribution in [3.05, 3.63) is 36.5 Å². The SMILES string of the molecule is CC/C=C\C/C=C/C/C=C/CCCC(=O)O[C@H](COC(=O)CCCCCCCCCC)COP(=O)(O)O[C@@H]1[C@H](O)[C@H](O)[C@@H](OP(=O)(O)O)[C@H](OP(=O)(O)O)[C@H]1O. The lowest BCUT2D eigenvalue weighted by Gasteiger charge is -2.44. The Hall–Kier alpha value is -1.63. The Bertz CT molecular complexity index is 1360. The number of carbonyl (C=O) groups is 2. The largest absolute Gasteiger partial charge is 0.472 e. The quantitative estimate of drug-likeness (QED) is 0.0212. The van der Waals surface area contributed by atoms with Crippen LogP contribution < -0.4 is 0 Å². The van der Waals surface area contributed by atoms with Crippen LogP contribution in [0.2, 0.25) is 0 Å². The predicted octanol–water partition coefficient (Wildman–Crippen LogP) is 4.56. The van der Waals surface area contributed by atoms with E-state index in [-0.39, 0.29) is 12.8 Å². The molecule has 1 fully saturated rings. The normalized spacial score (nSPS) is 23.8. The summed E-state index contributed by atoms with van der Waals surface area (Å²) in [5.41, 5.74) is 0. The van der Waals surface area contributed by atoms with Crippen LogP contribution in [-0.2, 0) is 50.9 Å². The van der Waals surface area contributed by atoms with Crippen molar-refractivity contribution in [1.82, 2.24) is 0 Å². The van der Waals surface area contributed by atoms with Gasteiger partial charge in [-0.2, -0.15) is 0 Å². The van der Waals surface area contributed by atoms with E-state index in [0.717, 1.165) is 51.4 Å². The van der Waals surface area contributed by atoms with E-state index < -0.39 is 91.3 Å². The third-order valence-electron chi connectivity index (χ3n) is 8.21. The first-order chi connectivity index (χ1) is 26.3. The van der Waals surface area contributed by atoms with Crippen LogP contribution >= 0.6 is 23.5 Å². The van der Waals surface area contributed by atoms with Gasteiger partial charge in [0.15, 0.2) is 6.10 Å². The summed E-state index contributed by atoms with van der Waals surface area (Å²) in [6.45, 7) is 2.66. The van der Waals surface area contributed by atoms with E-state index >= 15 is 0 Å². The molecule has 1 aliphatic rings. The van der Waals surface area contributed by atoms with Crippen LogP contribution in [0, 0.1) is 0 Å². The summed E-state index contributed by atoms with van der Waals surface area (Å²) in [4.78, 5) is 72.5. The first-order valence-electron chi connectivity index (χ1n) is 18.8. The number of rotatable bonds is 30. The molecule has 8 N–H and O–H groups in total. The smallest absolute Gasteiger partial charge is 0.462 e. The number of carbonyl (C=O) groups excluding carboxylic acids is 2. The molecule has 1 rings (SSSR count). The van der Waals surface area contributed by atoms with E-state index in [2.05, 4.69) is 35.0 Å². The molecule has 56 heavy (non-hydrogen) atoms. The maximum absolute atomic E-state index is 13.0. The Labute approximate surface area is 328 Å². The number of esters is 2. The zero-order valence-electron chi connectivity index (χ0n) is 31.9. The fraction of sp³-hybridized carbons (Fsp3) is 0.765. The number of allylic oxidation sites excluding steroid dienone is 6. The van der Waals surface area contributed by atoms with Crippen molar-refractivity contribution >= 4 is 35.4 Å². The summed E-state index contributed by atoms with van der Waals surface area (Å²) >= 11 is 0. The van der Waals surface area contributed by atoms with Gasteiger partial charge >= 0.3 is 35.4 Å². The minimum Gasteiger partial charge on any atom is -0.462 e. The average Bonchev–Trinajstić information content (AvgIpc) is 3.11. The minimum atomic E-state index is -5.59. The van der Waals surface area contributed by atoms with Crippen molar-refractivity contribution in [2.75, 3.05) is 13.2 Å². The van der Waals surface area contributed by atoms with Crippen LogP contribution in [0.4, 0.5) is 0 Å². The molecule has 8 atom stereocenters. The van der Waals surface area contributed by atoms with Gasteiger partial charge in [0.1, 0.15) is 43.2 Å². The first kappa shape index (κ1) is 52.4. The molecule has 0 aromatic heterocycles. The highest BCUT2D eigenvalue weighted by molar-refractivity contribution is 7.47. The summed E-state index contributed by atoms with van der Waals surface area (Å²) in [5, 5.41) is 31.6. The van der Waals surface area contributed by atoms with Crippen molar-refractivity contribution < 1.29 is 90.6 Å². The zero-order valence-corrected chi connectivity index (χ0v) is 34.6. The zero-order chi connectivity index (χ0) is 42.2. The van der Waals surface area contributed by atoms with Gasteiger partial charge in [-0.3, -0.25) is 27.7 Å². The molecule has 1 unspecified atom stereocenters. The molecule has 0 saturated heterocycles. The van der Waals surface area contributed by atoms with Gasteiger partial charge < -0.3 is 49.3 Å². The number of aliphatic hydroxyl groups excluding tert-OH is 3. The number of hydrogen-bond acceptors (Lipinski definition) is 14. The molecule has 0 aromatic rings. The molecule has 0 bridgehead atoms. The Kier molecular flexibility index (Phi) is 26.1. The van der Waals surface area contributed by atoms with E-state index in [0.29, 0.717) is 25.7 Å². The van der Waals surface area contributed by atoms with Crippen molar-refractivity contribution in [2.24, 2.45) is 0 Å². The summed E-state index contributed by atoms with van der Waals surface area (Å²) in [5.74, 6) is -1.37. The highest BCUT2D eigenvalue weighted by atomic mass is 31.2. The van der Waals surface area contributed by atoms with E-state index in [4.69, 9.17) is 18.5 Å². The monoisotopic (exact) mass is 866 g/mol. The van der Waals surface area contributed by atoms with Crippen molar-refractivity contribution in [2.45, 2.75) is 153 Å². The van der Waals surface area contributed by atoms with E-state index in [1.165, 1.54) is 6.42 Å². The lowest BCUT2D eigenvalue weighted by atomic mass is 9.85. The Morgan fingerprint density at radius 1 is 0.589 bits per heavy atom. The molecule has 1 aliphatic carbocycles. The second kappa shape index (κ2) is 27.9. The molecular formula is C34H61O19P3. The van der Waals surface area contributed by atoms with Gasteiger partial charge in [0.2, 0.25) is 0 Å². The lowest BCUT2D eigenvalue weighted by molar-refractivity contribution is -0.213. The van der Waals surface area contributed by atoms with Crippen LogP contribution in [0.25, 0.3) is 0 Å². The molecule has 0 aliphatic heterocycles. The average molecular weight is 867 g/mol. The van der Waals surface area contributed by atoms with Crippen LogP contribution in [0.3, 0.4) is 0 Å². The molecule has 326 valence electrons. The van der Waals surface area contributed by atoms with Crippen molar-refractivity contribution in [3.63, 3.8) is 0 Å². The Morgan fingerprint density at radius 3 is 1.66 bits per heavy atom. The topological polar surface area (TPSA) is 303 Å². The second-order valence-corrected chi connectivity index (χ2v) is 16.9. The molecule has 0 aromatic carbocycles. The number of aliphatic hydroxyl groups is 3. The summed E-state index contributed by atoms with van der Waals surface area (Å²) in [6.07, 6.45) is 6.97. The van der Waals surface area contributed by atoms with Gasteiger partial charge in [0.25, 0.3) is 0 Å². The minimum absolute atomic E-state index is 0.0689. The third kappa shape index (κ3) is 24.3. The van der Waals surface area contributed by atoms with E-state index in [9.17, 15) is 63.1 Å². The molecule has 19 nitrogen and oxygen atoms in total. The highest BCUT2D eigenvalue weighted by Gasteiger charge is 2.56. The number of phosphoric ester groups is 3. The molecule has 0 heterocycles. The maximum atomic E-state index is 13.0. The number of unbranched alkanes of at least 4 members (excludes halogenated alkanes) is 8. The predicted molar refractivity (Wildman–Crippen MR) is 201 cm³/mol. The second-order valence-electron chi connectivity index (χ2n) is 13.1. The summed E-state index contributed by atoms with van der Waals surface area (Å²) in [6, 6.07) is 0. The Morgan fingerprint density at radius 2 is 1.09 bits per heavy atom. The number of phosphoric acid groups is 3. The summed E-state index contributed by atoms with van der Waals surface area (Å²) < 4.78 is 64.8. The van der Waals surface area contributed by atoms with Crippen LogP contribution in [0.1, 0.15) is 110 Å². The van der Waals surface area contributed by atoms with Crippen molar-refractivity contribution in [3.8, 4) is 0 Å². The molecule has 0 spiro atoms. The fourth-order valence-corrected chi connectivity index (χ4v) is 7.52. The maximum Gasteiger partial charge on any atom is 0.472 e. The number of hydrogen-bond donors (Lipinski definition) is 8. The molecular weight excluding hydrogens is 805 g/mol. The number of ether oxygens (including phenoxy) is 2. The standard InChI is InChI=1S/C34H61O19P3/c1-3-5-7-9-11-13-14-15-17-19-21-23-28(36)50-26(24-48-27(35)22-20-18-16-12-10-8-6-4-2)25-49-56(46,47)53-32-29(37)30(38)33(51-54(40,41)42)34(31(32)39)52-55(43,44)45/h5,7,11,13,15,17,26,29-34,37-39H,3-4,6,8-10,12,14,16,18-25H2,1-2H3,(H,46,47)(H2,40,41,42)(H2,43,44,45)/b7-5-,13-11+,17-15+/t26-,29-,30+,31+,32-,33-,34-/m1/s1. The highest BCUT2D eigenvalue weighted by Crippen LogP contribution is 2.51. The van der Waals surface area contributed by atoms with Gasteiger partial charge in [-0.15, -0.1) is 0 Å². The van der Waals surface area contributed by atoms with Crippen LogP contribution in [-0.4, -0.2) is 108 Å². The fourth-order valence-electron chi connectivity index (χ4n) is 5.43. The molecule has 22 heteroatoms. The third-order valence-corrected chi connectivity index (χ3v) is 10.2. The first-order valence-corrected chi connectivity index (χ1v) is 23.3. The van der Waals surface area contributed by atoms with Gasteiger partial charge in [-0.05, 0) is 38.5 Å². The lowest BCUT2D eigenvalue weighted by Crippen LogP contribution is -2.65. The summed E-state index contributed by atoms with van der Waals surface area (Å²) in [7, 11) is -16.6. The molecule has 1 saturated carbocycles. The van der Waals surface area contributed by atoms with Gasteiger partial charge in [0, 0.05) is 12.8 Å². The van der Waals surface area contributed by atoms with Gasteiger partial charge in [0.05, 0.1) is 6.61 Å². The van der Waals surface area contributed by atoms with Crippen LogP contribution in [0.5, 0.6) is 0 Å². The molecule has 0 amide bonds. The Balaban J connectivity index is 2.91. The van der Waals surface area contributed by atoms with Crippen LogP contribution in [0.15, 0.2) is 36.5 Å². The van der Waals surface area contributed by atoms with E-state index in [1.807, 2.05) is 24.3 Å².